The van der Waals surface area contributed by atoms with E-state index in [0.717, 1.165) is 25.0 Å². The summed E-state index contributed by atoms with van der Waals surface area (Å²) < 4.78 is 0. The lowest BCUT2D eigenvalue weighted by Gasteiger charge is -2.33. The Morgan fingerprint density at radius 3 is 2.39 bits per heavy atom. The first kappa shape index (κ1) is 15.3. The molecule has 1 fully saturated rings. The molecular weight excluding hydrogens is 250 g/mol. The van der Waals surface area contributed by atoms with Crippen LogP contribution in [-0.2, 0) is 9.59 Å². The van der Waals surface area contributed by atoms with Crippen molar-refractivity contribution < 1.29 is 14.7 Å². The number of thioether (sulfide) groups is 1. The molecule has 104 valence electrons. The molecule has 0 heterocycles. The molecule has 0 bridgehead atoms. The van der Waals surface area contributed by atoms with Crippen molar-refractivity contribution in [3.05, 3.63) is 0 Å². The minimum absolute atomic E-state index is 0.0339. The zero-order valence-electron chi connectivity index (χ0n) is 11.3. The first-order valence-electron chi connectivity index (χ1n) is 6.48. The molecule has 0 radical (unpaired) electrons. The molecule has 0 aromatic carbocycles. The van der Waals surface area contributed by atoms with Crippen molar-refractivity contribution in [3.8, 4) is 0 Å². The summed E-state index contributed by atoms with van der Waals surface area (Å²) in [6.07, 6.45) is 6.38. The van der Waals surface area contributed by atoms with Gasteiger partial charge in [0.2, 0.25) is 5.91 Å². The highest BCUT2D eigenvalue weighted by Crippen LogP contribution is 2.39. The molecule has 1 saturated carbocycles. The highest BCUT2D eigenvalue weighted by atomic mass is 32.2. The lowest BCUT2D eigenvalue weighted by Crippen LogP contribution is -2.40. The van der Waals surface area contributed by atoms with Crippen molar-refractivity contribution in [1.29, 1.82) is 0 Å². The number of nitrogens with zero attached hydrogens (tertiary/aromatic N) is 1. The van der Waals surface area contributed by atoms with E-state index in [9.17, 15) is 14.7 Å². The van der Waals surface area contributed by atoms with Crippen molar-refractivity contribution in [2.75, 3.05) is 25.6 Å². The minimum atomic E-state index is -0.803. The van der Waals surface area contributed by atoms with Crippen molar-refractivity contribution >= 4 is 23.6 Å². The molecule has 4 nitrogen and oxygen atoms in total. The molecular formula is C13H23NO3S. The Bertz CT molecular complexity index is 301. The van der Waals surface area contributed by atoms with Gasteiger partial charge < -0.3 is 10.0 Å². The third-order valence-electron chi connectivity index (χ3n) is 3.81. The highest BCUT2D eigenvalue weighted by Gasteiger charge is 2.41. The van der Waals surface area contributed by atoms with Crippen LogP contribution >= 0.6 is 11.8 Å². The molecule has 0 atom stereocenters. The highest BCUT2D eigenvalue weighted by molar-refractivity contribution is 7.98. The molecule has 0 spiro atoms. The van der Waals surface area contributed by atoms with E-state index in [1.807, 2.05) is 6.26 Å². The van der Waals surface area contributed by atoms with Crippen LogP contribution in [-0.4, -0.2) is 47.5 Å². The van der Waals surface area contributed by atoms with E-state index < -0.39 is 11.4 Å². The zero-order chi connectivity index (χ0) is 13.6. The number of amides is 1. The van der Waals surface area contributed by atoms with Crippen LogP contribution in [0.1, 0.15) is 38.5 Å². The predicted octanol–water partition coefficient (Wildman–Crippen LogP) is 2.23. The fourth-order valence-electron chi connectivity index (χ4n) is 2.47. The van der Waals surface area contributed by atoms with Crippen LogP contribution < -0.4 is 0 Å². The van der Waals surface area contributed by atoms with Gasteiger partial charge >= 0.3 is 5.97 Å². The Labute approximate surface area is 113 Å². The van der Waals surface area contributed by atoms with Gasteiger partial charge in [0, 0.05) is 25.8 Å². The van der Waals surface area contributed by atoms with Gasteiger partial charge in [-0.05, 0) is 19.1 Å². The van der Waals surface area contributed by atoms with Gasteiger partial charge in [-0.2, -0.15) is 11.8 Å². The molecule has 0 saturated heterocycles. The van der Waals surface area contributed by atoms with Gasteiger partial charge in [0.15, 0.2) is 0 Å². The zero-order valence-corrected chi connectivity index (χ0v) is 12.1. The summed E-state index contributed by atoms with van der Waals surface area (Å²) >= 11 is 1.69. The maximum atomic E-state index is 12.1. The van der Waals surface area contributed by atoms with E-state index in [2.05, 4.69) is 0 Å². The Morgan fingerprint density at radius 1 is 1.28 bits per heavy atom. The normalized spacial score (nSPS) is 18.3. The van der Waals surface area contributed by atoms with Gasteiger partial charge in [0.25, 0.3) is 0 Å². The summed E-state index contributed by atoms with van der Waals surface area (Å²) in [4.78, 5) is 25.2. The second kappa shape index (κ2) is 7.02. The number of hydrogen-bond acceptors (Lipinski definition) is 3. The first-order valence-corrected chi connectivity index (χ1v) is 7.87. The summed E-state index contributed by atoms with van der Waals surface area (Å²) in [5.74, 6) is 0.0599. The molecule has 0 unspecified atom stereocenters. The van der Waals surface area contributed by atoms with Crippen LogP contribution in [0.15, 0.2) is 0 Å². The van der Waals surface area contributed by atoms with Gasteiger partial charge in [-0.1, -0.05) is 19.3 Å². The molecule has 1 aliphatic rings. The van der Waals surface area contributed by atoms with Crippen molar-refractivity contribution in [1.82, 2.24) is 4.90 Å². The van der Waals surface area contributed by atoms with E-state index >= 15 is 0 Å². The van der Waals surface area contributed by atoms with Gasteiger partial charge in [0.05, 0.1) is 5.41 Å². The minimum Gasteiger partial charge on any atom is -0.481 e. The third-order valence-corrected chi connectivity index (χ3v) is 4.40. The SMILES string of the molecule is CSCCN(C)C(=O)CC1(C(=O)O)CCCCC1. The summed E-state index contributed by atoms with van der Waals surface area (Å²) in [7, 11) is 1.76. The monoisotopic (exact) mass is 273 g/mol. The topological polar surface area (TPSA) is 57.6 Å². The number of carboxylic acids is 1. The Balaban J connectivity index is 2.60. The third kappa shape index (κ3) is 3.90. The fourth-order valence-corrected chi connectivity index (χ4v) is 2.93. The Morgan fingerprint density at radius 2 is 1.89 bits per heavy atom. The summed E-state index contributed by atoms with van der Waals surface area (Å²) in [5, 5.41) is 9.42. The molecule has 1 amide bonds. The van der Waals surface area contributed by atoms with E-state index in [-0.39, 0.29) is 12.3 Å². The number of hydrogen-bond donors (Lipinski definition) is 1. The van der Waals surface area contributed by atoms with Crippen LogP contribution in [0.2, 0.25) is 0 Å². The number of rotatable bonds is 6. The molecule has 1 aliphatic carbocycles. The van der Waals surface area contributed by atoms with E-state index in [0.29, 0.717) is 19.4 Å². The van der Waals surface area contributed by atoms with Gasteiger partial charge in [-0.25, -0.2) is 0 Å². The van der Waals surface area contributed by atoms with Crippen molar-refractivity contribution in [2.24, 2.45) is 5.41 Å². The van der Waals surface area contributed by atoms with E-state index in [1.54, 1.807) is 23.7 Å². The summed E-state index contributed by atoms with van der Waals surface area (Å²) in [6, 6.07) is 0. The Hall–Kier alpha value is -0.710. The van der Waals surface area contributed by atoms with Crippen LogP contribution in [0.5, 0.6) is 0 Å². The summed E-state index contributed by atoms with van der Waals surface area (Å²) in [6.45, 7) is 0.690. The number of carbonyl (C=O) groups is 2. The standard InChI is InChI=1S/C13H23NO3S/c1-14(8-9-18-2)11(15)10-13(12(16)17)6-4-3-5-7-13/h3-10H2,1-2H3,(H,16,17). The van der Waals surface area contributed by atoms with E-state index in [1.165, 1.54) is 0 Å². The van der Waals surface area contributed by atoms with Gasteiger partial charge in [-0.15, -0.1) is 0 Å². The average molecular weight is 273 g/mol. The van der Waals surface area contributed by atoms with Gasteiger partial charge in [0.1, 0.15) is 0 Å². The van der Waals surface area contributed by atoms with Crippen LogP contribution in [0, 0.1) is 5.41 Å². The molecule has 0 aliphatic heterocycles. The maximum absolute atomic E-state index is 12.1. The largest absolute Gasteiger partial charge is 0.481 e. The molecule has 0 aromatic rings. The predicted molar refractivity (Wildman–Crippen MR) is 73.8 cm³/mol. The van der Waals surface area contributed by atoms with Crippen LogP contribution in [0.4, 0.5) is 0 Å². The van der Waals surface area contributed by atoms with Crippen LogP contribution in [0.25, 0.3) is 0 Å². The number of carbonyl (C=O) groups excluding carboxylic acids is 1. The molecule has 1 rings (SSSR count). The maximum Gasteiger partial charge on any atom is 0.310 e. The van der Waals surface area contributed by atoms with E-state index in [4.69, 9.17) is 0 Å². The lowest BCUT2D eigenvalue weighted by atomic mass is 9.71. The number of carboxylic acid groups (broad SMARTS) is 1. The molecule has 5 heteroatoms. The first-order chi connectivity index (χ1) is 8.52. The quantitative estimate of drug-likeness (QED) is 0.806. The summed E-state index contributed by atoms with van der Waals surface area (Å²) in [5.41, 5.74) is -0.803. The number of aliphatic carboxylic acids is 1. The fraction of sp³-hybridized carbons (Fsp3) is 0.846. The van der Waals surface area contributed by atoms with Crippen molar-refractivity contribution in [3.63, 3.8) is 0 Å². The van der Waals surface area contributed by atoms with Gasteiger partial charge in [-0.3, -0.25) is 9.59 Å². The Kier molecular flexibility index (Phi) is 5.99. The van der Waals surface area contributed by atoms with Crippen molar-refractivity contribution in [2.45, 2.75) is 38.5 Å². The second-order valence-corrected chi connectivity index (χ2v) is 6.12. The van der Waals surface area contributed by atoms with Crippen LogP contribution in [0.3, 0.4) is 0 Å². The average Bonchev–Trinajstić information content (AvgIpc) is 2.36. The molecule has 0 aromatic heterocycles. The lowest BCUT2D eigenvalue weighted by molar-refractivity contribution is -0.155. The smallest absolute Gasteiger partial charge is 0.310 e. The molecule has 1 N–H and O–H groups in total. The molecule has 18 heavy (non-hydrogen) atoms. The second-order valence-electron chi connectivity index (χ2n) is 5.13.